The Morgan fingerprint density at radius 2 is 2.14 bits per heavy atom. The van der Waals surface area contributed by atoms with Crippen LogP contribution in [0.2, 0.25) is 5.15 Å². The van der Waals surface area contributed by atoms with Crippen LogP contribution in [0.5, 0.6) is 0 Å². The van der Waals surface area contributed by atoms with Gasteiger partial charge in [0.15, 0.2) is 0 Å². The number of fused-ring (bicyclic) bond motifs is 1. The summed E-state index contributed by atoms with van der Waals surface area (Å²) in [6.45, 7) is 4.12. The van der Waals surface area contributed by atoms with Gasteiger partial charge in [-0.15, -0.1) is 0 Å². The highest BCUT2D eigenvalue weighted by atomic mass is 79.9. The molecule has 0 aliphatic heterocycles. The number of hydrogen-bond acceptors (Lipinski definition) is 1. The summed E-state index contributed by atoms with van der Waals surface area (Å²) in [4.78, 5) is 0. The van der Waals surface area contributed by atoms with Crippen molar-refractivity contribution in [3.05, 3.63) is 27.8 Å². The third kappa shape index (κ3) is 1.44. The van der Waals surface area contributed by atoms with Gasteiger partial charge < -0.3 is 0 Å². The molecule has 2 aromatic rings. The highest BCUT2D eigenvalue weighted by Gasteiger charge is 2.13. The van der Waals surface area contributed by atoms with E-state index >= 15 is 0 Å². The van der Waals surface area contributed by atoms with Gasteiger partial charge in [0.05, 0.1) is 10.9 Å². The lowest BCUT2D eigenvalue weighted by molar-refractivity contribution is 0.538. The maximum atomic E-state index is 6.23. The number of nitrogens with zero attached hydrogens (tertiary/aromatic N) is 2. The molecule has 2 nitrogen and oxygen atoms in total. The molecule has 1 aromatic heterocycles. The van der Waals surface area contributed by atoms with E-state index in [9.17, 15) is 0 Å². The summed E-state index contributed by atoms with van der Waals surface area (Å²) < 4.78 is 2.82. The number of hydrogen-bond donors (Lipinski definition) is 0. The van der Waals surface area contributed by atoms with E-state index in [0.717, 1.165) is 15.4 Å². The van der Waals surface area contributed by atoms with Crippen molar-refractivity contribution in [3.63, 3.8) is 0 Å². The molecule has 1 aromatic carbocycles. The van der Waals surface area contributed by atoms with Gasteiger partial charge in [0, 0.05) is 10.5 Å². The molecule has 0 unspecified atom stereocenters. The zero-order chi connectivity index (χ0) is 10.3. The maximum absolute atomic E-state index is 6.23. The molecule has 0 atom stereocenters. The van der Waals surface area contributed by atoms with Crippen LogP contribution >= 0.6 is 27.5 Å². The molecule has 1 heterocycles. The molecular weight excluding hydrogens is 263 g/mol. The van der Waals surface area contributed by atoms with Gasteiger partial charge in [-0.05, 0) is 41.9 Å². The van der Waals surface area contributed by atoms with Gasteiger partial charge in [0.1, 0.15) is 5.15 Å². The first kappa shape index (κ1) is 9.99. The smallest absolute Gasteiger partial charge is 0.136 e. The minimum Gasteiger partial charge on any atom is -0.250 e. The van der Waals surface area contributed by atoms with Crippen LogP contribution < -0.4 is 0 Å². The van der Waals surface area contributed by atoms with Crippen LogP contribution in [0.4, 0.5) is 0 Å². The predicted molar refractivity (Wildman–Crippen MR) is 62.8 cm³/mol. The van der Waals surface area contributed by atoms with Crippen molar-refractivity contribution >= 4 is 38.4 Å². The van der Waals surface area contributed by atoms with Gasteiger partial charge in [-0.25, -0.2) is 0 Å². The molecule has 0 radical (unpaired) electrons. The minimum absolute atomic E-state index is 0.279. The third-order valence-corrected chi connectivity index (χ3v) is 3.13. The minimum atomic E-state index is 0.279. The topological polar surface area (TPSA) is 17.8 Å². The molecule has 2 rings (SSSR count). The van der Waals surface area contributed by atoms with Crippen molar-refractivity contribution in [2.24, 2.45) is 0 Å². The fourth-order valence-electron chi connectivity index (χ4n) is 1.42. The average molecular weight is 274 g/mol. The Morgan fingerprint density at radius 1 is 1.43 bits per heavy atom. The first-order valence-corrected chi connectivity index (χ1v) is 5.60. The summed E-state index contributed by atoms with van der Waals surface area (Å²) in [5, 5.41) is 6.11. The normalized spacial score (nSPS) is 11.5. The molecule has 0 spiro atoms. The fraction of sp³-hybridized carbons (Fsp3) is 0.300. The van der Waals surface area contributed by atoms with E-state index in [1.165, 1.54) is 0 Å². The average Bonchev–Trinajstić information content (AvgIpc) is 2.45. The fourth-order valence-corrected chi connectivity index (χ4v) is 2.51. The second kappa shape index (κ2) is 3.55. The molecule has 0 aliphatic carbocycles. The van der Waals surface area contributed by atoms with Crippen molar-refractivity contribution in [1.29, 1.82) is 0 Å². The maximum Gasteiger partial charge on any atom is 0.136 e. The zero-order valence-electron chi connectivity index (χ0n) is 7.96. The number of halogens is 2. The molecule has 74 valence electrons. The van der Waals surface area contributed by atoms with Gasteiger partial charge in [-0.2, -0.15) is 5.10 Å². The molecule has 0 amide bonds. The van der Waals surface area contributed by atoms with Gasteiger partial charge in [-0.3, -0.25) is 4.68 Å². The van der Waals surface area contributed by atoms with E-state index in [2.05, 4.69) is 34.9 Å². The molecule has 4 heteroatoms. The summed E-state index contributed by atoms with van der Waals surface area (Å²) in [7, 11) is 0. The summed E-state index contributed by atoms with van der Waals surface area (Å²) in [5.41, 5.74) is 0.929. The second-order valence-corrected chi connectivity index (χ2v) is 4.68. The standard InChI is InChI=1S/C10H10BrClN2/c1-6(2)14-10(12)9-7(11)4-3-5-8(9)13-14/h3-6H,1-2H3. The van der Waals surface area contributed by atoms with Crippen LogP contribution in [0.25, 0.3) is 10.9 Å². The van der Waals surface area contributed by atoms with Gasteiger partial charge >= 0.3 is 0 Å². The van der Waals surface area contributed by atoms with Crippen LogP contribution in [-0.4, -0.2) is 9.78 Å². The van der Waals surface area contributed by atoms with Crippen molar-refractivity contribution in [2.45, 2.75) is 19.9 Å². The highest BCUT2D eigenvalue weighted by molar-refractivity contribution is 9.10. The quantitative estimate of drug-likeness (QED) is 0.767. The van der Waals surface area contributed by atoms with E-state index in [1.54, 1.807) is 0 Å². The molecule has 14 heavy (non-hydrogen) atoms. The van der Waals surface area contributed by atoms with E-state index in [1.807, 2.05) is 22.9 Å². The molecule has 0 bridgehead atoms. The summed E-state index contributed by atoms with van der Waals surface area (Å²) in [6.07, 6.45) is 0. The van der Waals surface area contributed by atoms with E-state index in [-0.39, 0.29) is 6.04 Å². The Hall–Kier alpha value is -0.540. The predicted octanol–water partition coefficient (Wildman–Crippen LogP) is 4.03. The molecular formula is C10H10BrClN2. The first-order valence-electron chi connectivity index (χ1n) is 4.43. The lowest BCUT2D eigenvalue weighted by atomic mass is 10.3. The van der Waals surface area contributed by atoms with E-state index < -0.39 is 0 Å². The SMILES string of the molecule is CC(C)n1nc2cccc(Br)c2c1Cl. The lowest BCUT2D eigenvalue weighted by Crippen LogP contribution is -2.01. The van der Waals surface area contributed by atoms with Crippen LogP contribution in [0.15, 0.2) is 22.7 Å². The Balaban J connectivity index is 2.81. The zero-order valence-corrected chi connectivity index (χ0v) is 10.3. The summed E-state index contributed by atoms with van der Waals surface area (Å²) in [5.74, 6) is 0. The number of benzene rings is 1. The van der Waals surface area contributed by atoms with Crippen molar-refractivity contribution < 1.29 is 0 Å². The molecule has 0 N–H and O–H groups in total. The monoisotopic (exact) mass is 272 g/mol. The van der Waals surface area contributed by atoms with Gasteiger partial charge in [0.25, 0.3) is 0 Å². The van der Waals surface area contributed by atoms with Gasteiger partial charge in [0.2, 0.25) is 0 Å². The second-order valence-electron chi connectivity index (χ2n) is 3.46. The van der Waals surface area contributed by atoms with Crippen LogP contribution in [0.1, 0.15) is 19.9 Å². The van der Waals surface area contributed by atoms with E-state index in [4.69, 9.17) is 11.6 Å². The molecule has 0 saturated carbocycles. The van der Waals surface area contributed by atoms with Crippen molar-refractivity contribution in [3.8, 4) is 0 Å². The van der Waals surface area contributed by atoms with Crippen molar-refractivity contribution in [1.82, 2.24) is 9.78 Å². The Morgan fingerprint density at radius 3 is 2.71 bits per heavy atom. The van der Waals surface area contributed by atoms with Gasteiger partial charge in [-0.1, -0.05) is 17.7 Å². The lowest BCUT2D eigenvalue weighted by Gasteiger charge is -2.05. The number of rotatable bonds is 1. The Bertz CT molecular complexity index is 476. The summed E-state index contributed by atoms with van der Waals surface area (Å²) in [6, 6.07) is 6.17. The number of aromatic nitrogens is 2. The molecule has 0 fully saturated rings. The highest BCUT2D eigenvalue weighted by Crippen LogP contribution is 2.31. The molecule has 0 saturated heterocycles. The Kier molecular flexibility index (Phi) is 2.54. The third-order valence-electron chi connectivity index (χ3n) is 2.10. The van der Waals surface area contributed by atoms with Crippen molar-refractivity contribution in [2.75, 3.05) is 0 Å². The van der Waals surface area contributed by atoms with Crippen LogP contribution in [0, 0.1) is 0 Å². The largest absolute Gasteiger partial charge is 0.250 e. The van der Waals surface area contributed by atoms with Crippen LogP contribution in [0.3, 0.4) is 0 Å². The first-order chi connectivity index (χ1) is 6.61. The van der Waals surface area contributed by atoms with Crippen LogP contribution in [-0.2, 0) is 0 Å². The van der Waals surface area contributed by atoms with E-state index in [0.29, 0.717) is 5.15 Å². The molecule has 0 aliphatic rings. The summed E-state index contributed by atoms with van der Waals surface area (Å²) >= 11 is 9.70. The Labute approximate surface area is 96.0 Å².